The van der Waals surface area contributed by atoms with Gasteiger partial charge in [-0.3, -0.25) is 0 Å². The fraction of sp³-hybridized carbons (Fsp3) is 0.0556. The summed E-state index contributed by atoms with van der Waals surface area (Å²) in [6.45, 7) is 13.7. The van der Waals surface area contributed by atoms with Crippen molar-refractivity contribution in [2.45, 2.75) is 52.4 Å². The lowest BCUT2D eigenvalue weighted by molar-refractivity contribution is 0.590. The lowest BCUT2D eigenvalue weighted by Crippen LogP contribution is -2.10. The average molecular weight is 1920 g/mol. The highest BCUT2D eigenvalue weighted by Crippen LogP contribution is 2.52. The van der Waals surface area contributed by atoms with E-state index in [0.717, 1.165) is 68.2 Å². The van der Waals surface area contributed by atoms with Gasteiger partial charge in [-0.15, -0.1) is 0 Å². The largest absolute Gasteiger partial charge is 0.310 e. The molecular weight excluding hydrogens is 1810 g/mol. The van der Waals surface area contributed by atoms with E-state index in [1.165, 1.54) is 197 Å². The number of benzene rings is 24. The van der Waals surface area contributed by atoms with Crippen LogP contribution in [0.1, 0.15) is 52.7 Å². The van der Waals surface area contributed by atoms with Gasteiger partial charge in [0.25, 0.3) is 0 Å². The number of fused-ring (bicyclic) bond motifs is 16. The van der Waals surface area contributed by atoms with Crippen molar-refractivity contribution in [3.8, 4) is 66.8 Å². The first-order chi connectivity index (χ1) is 73.6. The Hall–Kier alpha value is -18.9. The van der Waals surface area contributed by atoms with Crippen LogP contribution < -0.4 is 19.6 Å². The van der Waals surface area contributed by atoms with Crippen LogP contribution in [0.3, 0.4) is 0 Å². The third kappa shape index (κ3) is 16.3. The third-order valence-electron chi connectivity index (χ3n) is 30.7. The number of aromatic nitrogens is 2. The van der Waals surface area contributed by atoms with Crippen LogP contribution >= 0.6 is 0 Å². The zero-order valence-electron chi connectivity index (χ0n) is 84.5. The van der Waals surface area contributed by atoms with Crippen LogP contribution in [0.2, 0.25) is 0 Å². The van der Waals surface area contributed by atoms with E-state index in [9.17, 15) is 0 Å². The predicted molar refractivity (Wildman–Crippen MR) is 641 cm³/mol. The molecular formula is C144H106N6. The predicted octanol–water partition coefficient (Wildman–Crippen LogP) is 40.8. The fourth-order valence-electron chi connectivity index (χ4n) is 23.1. The minimum Gasteiger partial charge on any atom is -0.310 e. The minimum atomic E-state index is 0.0689. The maximum Gasteiger partial charge on any atom is 0.0620 e. The number of rotatable bonds is 18. The van der Waals surface area contributed by atoms with Gasteiger partial charge in [-0.05, 0) is 350 Å². The summed E-state index contributed by atoms with van der Waals surface area (Å²) in [5.74, 6) is 0. The Balaban J connectivity index is 0.000000148. The van der Waals surface area contributed by atoms with E-state index in [-0.39, 0.29) is 10.8 Å². The van der Waals surface area contributed by atoms with Crippen LogP contribution in [0.4, 0.5) is 68.2 Å². The summed E-state index contributed by atoms with van der Waals surface area (Å²) in [6, 6.07) is 197. The average Bonchev–Trinajstić information content (AvgIpc) is 1.53. The quantitative estimate of drug-likeness (QED) is 0.0853. The molecule has 6 nitrogen and oxygen atoms in total. The zero-order chi connectivity index (χ0) is 100. The molecule has 0 spiro atoms. The lowest BCUT2D eigenvalue weighted by Gasteiger charge is -2.26. The summed E-state index contributed by atoms with van der Waals surface area (Å²) in [6.07, 6.45) is 0. The number of hydrogen-bond donors (Lipinski definition) is 0. The third-order valence-corrected chi connectivity index (χ3v) is 30.7. The molecule has 0 fully saturated rings. The molecule has 0 unspecified atom stereocenters. The smallest absolute Gasteiger partial charge is 0.0620 e. The zero-order valence-corrected chi connectivity index (χ0v) is 84.5. The van der Waals surface area contributed by atoms with Gasteiger partial charge in [-0.1, -0.05) is 357 Å². The summed E-state index contributed by atoms with van der Waals surface area (Å²) in [5.41, 5.74) is 37.9. The Kier molecular flexibility index (Phi) is 22.0. The van der Waals surface area contributed by atoms with Crippen molar-refractivity contribution in [2.24, 2.45) is 0 Å². The maximum atomic E-state index is 2.55. The fourth-order valence-corrected chi connectivity index (χ4v) is 23.1. The standard InChI is InChI=1S/2C72H53N3/c1-72(2,3)58-34-30-50(31-35-58)57-44-67-65-42-53-32-36-63(73(59-24-12-6-13-25-59)61-28-16-22-51(38-61)48-18-8-4-9-19-48)40-55(53)46-69(65)75-70-47-56-41-64(37-33-54(56)43-66(70)68(45-57)71(67)75)74(60-26-14-7-15-27-60)62-29-17-23-52(39-62)49-20-10-5-11-21-49;1-72(2,3)58-32-24-52(25-33-58)57-44-67-65-42-53-30-38-63(73(59-20-12-6-13-21-59)61-34-26-50(27-35-61)48-16-8-4-9-17-48)40-55(53)46-69(65)75-70-47-56-41-64(39-31-54(56)43-66(70)68(45-57)71(67)75)74(60-22-14-7-15-23-60)62-36-28-51(29-37-62)49-18-10-5-11-19-49/h2*4-47H,1-3H3. The van der Waals surface area contributed by atoms with Crippen molar-refractivity contribution >= 4 is 188 Å². The molecule has 28 rings (SSSR count). The highest BCUT2D eigenvalue weighted by atomic mass is 15.2. The Morgan fingerprint density at radius 1 is 0.133 bits per heavy atom. The van der Waals surface area contributed by atoms with Gasteiger partial charge < -0.3 is 28.4 Å². The van der Waals surface area contributed by atoms with Gasteiger partial charge in [0.1, 0.15) is 0 Å². The van der Waals surface area contributed by atoms with Crippen molar-refractivity contribution < 1.29 is 0 Å². The first-order valence-electron chi connectivity index (χ1n) is 52.1. The van der Waals surface area contributed by atoms with E-state index in [1.54, 1.807) is 0 Å². The van der Waals surface area contributed by atoms with Gasteiger partial charge in [-0.25, -0.2) is 0 Å². The van der Waals surface area contributed by atoms with Gasteiger partial charge in [0, 0.05) is 111 Å². The van der Waals surface area contributed by atoms with Gasteiger partial charge in [-0.2, -0.15) is 0 Å². The van der Waals surface area contributed by atoms with Crippen LogP contribution in [0.5, 0.6) is 0 Å². The first-order valence-corrected chi connectivity index (χ1v) is 52.1. The normalized spacial score (nSPS) is 11.9. The Morgan fingerprint density at radius 2 is 0.327 bits per heavy atom. The molecule has 28 aromatic rings. The summed E-state index contributed by atoms with van der Waals surface area (Å²) < 4.78 is 5.10. The SMILES string of the molecule is CC(C)(C)c1ccc(-c2cc3c4cc5ccc(N(c6ccccc6)c6ccc(-c7ccccc7)cc6)cc5cc4n4c5cc6cc(N(c7ccccc7)c7ccc(-c8ccccc8)cc7)ccc6cc5c(c2)c34)cc1.CC(C)(C)c1ccc(-c2cc3c4cc5ccc(N(c6ccccc6)c6cccc(-c7ccccc7)c6)cc5cc4n4c5cc6cc(N(c7ccccc7)c7cccc(-c8ccccc8)c7)ccc6cc5c(c2)c34)cc1. The van der Waals surface area contributed by atoms with E-state index in [1.807, 2.05) is 0 Å². The van der Waals surface area contributed by atoms with Crippen molar-refractivity contribution in [1.82, 2.24) is 8.80 Å². The van der Waals surface area contributed by atoms with Crippen LogP contribution in [0, 0.1) is 0 Å². The van der Waals surface area contributed by atoms with Crippen LogP contribution in [0.15, 0.2) is 534 Å². The number of para-hydroxylation sites is 4. The van der Waals surface area contributed by atoms with Gasteiger partial charge in [0.2, 0.25) is 0 Å². The van der Waals surface area contributed by atoms with Gasteiger partial charge >= 0.3 is 0 Å². The van der Waals surface area contributed by atoms with Crippen LogP contribution in [-0.4, -0.2) is 8.80 Å². The summed E-state index contributed by atoms with van der Waals surface area (Å²) in [4.78, 5) is 9.51. The minimum absolute atomic E-state index is 0.0689. The summed E-state index contributed by atoms with van der Waals surface area (Å²) in [7, 11) is 0. The molecule has 0 bridgehead atoms. The molecule has 0 saturated heterocycles. The van der Waals surface area contributed by atoms with Crippen LogP contribution in [0.25, 0.3) is 186 Å². The van der Waals surface area contributed by atoms with Crippen molar-refractivity contribution in [1.29, 1.82) is 0 Å². The van der Waals surface area contributed by atoms with E-state index in [2.05, 4.69) is 604 Å². The molecule has 0 saturated carbocycles. The second kappa shape index (κ2) is 36.7. The molecule has 4 heterocycles. The second-order valence-corrected chi connectivity index (χ2v) is 42.1. The Morgan fingerprint density at radius 3 is 0.587 bits per heavy atom. The van der Waals surface area contributed by atoms with E-state index in [4.69, 9.17) is 0 Å². The Bertz CT molecular complexity index is 9450. The van der Waals surface area contributed by atoms with Crippen molar-refractivity contribution in [3.05, 3.63) is 545 Å². The monoisotopic (exact) mass is 1920 g/mol. The summed E-state index contributed by atoms with van der Waals surface area (Å²) >= 11 is 0. The molecule has 712 valence electrons. The van der Waals surface area contributed by atoms with Crippen molar-refractivity contribution in [3.63, 3.8) is 0 Å². The molecule has 0 aliphatic heterocycles. The first kappa shape index (κ1) is 89.9. The molecule has 4 aromatic heterocycles. The number of nitrogens with zero attached hydrogens (tertiary/aromatic N) is 6. The molecule has 150 heavy (non-hydrogen) atoms. The Labute approximate surface area is 873 Å². The molecule has 0 amide bonds. The highest BCUT2D eigenvalue weighted by Gasteiger charge is 2.28. The molecule has 0 aliphatic carbocycles. The summed E-state index contributed by atoms with van der Waals surface area (Å²) in [5, 5.41) is 19.7. The molecule has 6 heteroatoms. The van der Waals surface area contributed by atoms with E-state index in [0.29, 0.717) is 0 Å². The maximum absolute atomic E-state index is 2.55. The molecule has 0 aliphatic rings. The van der Waals surface area contributed by atoms with Gasteiger partial charge in [0.15, 0.2) is 0 Å². The molecule has 0 N–H and O–H groups in total. The number of anilines is 12. The van der Waals surface area contributed by atoms with E-state index >= 15 is 0 Å². The molecule has 24 aromatic carbocycles. The van der Waals surface area contributed by atoms with Gasteiger partial charge in [0.05, 0.1) is 33.1 Å². The van der Waals surface area contributed by atoms with Crippen LogP contribution in [-0.2, 0) is 10.8 Å². The molecule has 0 atom stereocenters. The topological polar surface area (TPSA) is 21.8 Å². The lowest BCUT2D eigenvalue weighted by atomic mass is 9.86. The van der Waals surface area contributed by atoms with Crippen molar-refractivity contribution in [2.75, 3.05) is 19.6 Å². The highest BCUT2D eigenvalue weighted by molar-refractivity contribution is 6.29. The molecule has 0 radical (unpaired) electrons. The second-order valence-electron chi connectivity index (χ2n) is 42.1. The number of hydrogen-bond acceptors (Lipinski definition) is 4. The van der Waals surface area contributed by atoms with E-state index < -0.39 is 0 Å².